The number of carbonyl (C=O) groups excluding carboxylic acids is 3. The second-order valence-corrected chi connectivity index (χ2v) is 13.7. The minimum Gasteiger partial charge on any atom is -0.482 e. The lowest BCUT2D eigenvalue weighted by Crippen LogP contribution is -2.71. The van der Waals surface area contributed by atoms with E-state index in [1.807, 2.05) is 20.8 Å². The number of aromatic nitrogens is 1. The van der Waals surface area contributed by atoms with Crippen molar-refractivity contribution in [3.63, 3.8) is 0 Å². The zero-order chi connectivity index (χ0) is 33.6. The van der Waals surface area contributed by atoms with Crippen molar-refractivity contribution in [3.8, 4) is 17.1 Å². The van der Waals surface area contributed by atoms with Crippen LogP contribution in [0.5, 0.6) is 5.75 Å². The maximum atomic E-state index is 13.5. The van der Waals surface area contributed by atoms with E-state index in [0.29, 0.717) is 31.2 Å². The fraction of sp³-hybridized carbons (Fsp3) is 0.618. The van der Waals surface area contributed by atoms with Crippen molar-refractivity contribution in [1.29, 1.82) is 0 Å². The molecule has 0 spiro atoms. The third kappa shape index (κ3) is 5.70. The minimum atomic E-state index is -1.37. The normalized spacial score (nSPS) is 33.7. The fourth-order valence-corrected chi connectivity index (χ4v) is 8.54. The van der Waals surface area contributed by atoms with Crippen LogP contribution in [0.1, 0.15) is 85.3 Å². The third-order valence-corrected chi connectivity index (χ3v) is 10.6. The molecule has 1 aliphatic heterocycles. The van der Waals surface area contributed by atoms with Gasteiger partial charge in [-0.3, -0.25) is 19.4 Å². The molecule has 3 N–H and O–H groups in total. The predicted molar refractivity (Wildman–Crippen MR) is 164 cm³/mol. The number of esters is 3. The van der Waals surface area contributed by atoms with Gasteiger partial charge in [0.05, 0.1) is 6.10 Å². The molecule has 2 aromatic heterocycles. The van der Waals surface area contributed by atoms with Crippen LogP contribution in [-0.2, 0) is 28.6 Å². The number of aliphatic hydroxyl groups is 1. The highest BCUT2D eigenvalue weighted by Crippen LogP contribution is 2.67. The SMILES string of the molecule is CCCC(N)C(=O)OC[C@@]1(C)C2C[C@H](OC(C)=O)[C@@]3(C)Oc4cc(-c5cccnc5)oc(=O)c4[C@H](O)C3[C@@]2(C)CC[C@@H]1OC(C)=O. The maximum Gasteiger partial charge on any atom is 0.345 e. The molecule has 250 valence electrons. The van der Waals surface area contributed by atoms with Crippen LogP contribution < -0.4 is 16.1 Å². The van der Waals surface area contributed by atoms with Crippen molar-refractivity contribution in [2.75, 3.05) is 6.61 Å². The van der Waals surface area contributed by atoms with Gasteiger partial charge in [-0.05, 0) is 56.1 Å². The first-order chi connectivity index (χ1) is 21.7. The highest BCUT2D eigenvalue weighted by atomic mass is 16.6. The Morgan fingerprint density at radius 2 is 1.85 bits per heavy atom. The standard InChI is InChI=1S/C34H44N2O10/c1-7-9-21(35)30(40)42-17-33(5)24-15-26(44-19(3)38)34(6)29(32(24,4)12-11-25(33)43-18(2)37)28(39)27-23(46-34)14-22(45-31(27)41)20-10-8-13-36-16-20/h8,10,13-14,16,21,24-26,28-29,39H,7,9,11-12,15,17,35H2,1-6H3/t21?,24?,25-,26-,28-,29?,32-,33-,34+/m0/s1. The molecular formula is C34H44N2O10. The smallest absolute Gasteiger partial charge is 0.345 e. The van der Waals surface area contributed by atoms with Gasteiger partial charge in [-0.25, -0.2) is 4.79 Å². The third-order valence-electron chi connectivity index (χ3n) is 10.6. The van der Waals surface area contributed by atoms with Crippen LogP contribution in [0.4, 0.5) is 0 Å². The molecule has 12 heteroatoms. The van der Waals surface area contributed by atoms with Crippen LogP contribution in [0.3, 0.4) is 0 Å². The Kier molecular flexibility index (Phi) is 9.09. The molecule has 3 heterocycles. The first kappa shape index (κ1) is 33.6. The number of pyridine rings is 1. The van der Waals surface area contributed by atoms with Gasteiger partial charge in [0.25, 0.3) is 0 Å². The molecule has 2 aromatic rings. The lowest BCUT2D eigenvalue weighted by molar-refractivity contribution is -0.271. The molecule has 0 aromatic carbocycles. The van der Waals surface area contributed by atoms with Gasteiger partial charge in [0.2, 0.25) is 0 Å². The Morgan fingerprint density at radius 1 is 1.15 bits per heavy atom. The molecule has 2 saturated carbocycles. The summed E-state index contributed by atoms with van der Waals surface area (Å²) in [6.45, 7) is 10.1. The van der Waals surface area contributed by atoms with Gasteiger partial charge in [-0.2, -0.15) is 0 Å². The Morgan fingerprint density at radius 3 is 2.48 bits per heavy atom. The zero-order valence-electron chi connectivity index (χ0n) is 27.2. The van der Waals surface area contributed by atoms with E-state index >= 15 is 0 Å². The molecule has 2 aliphatic carbocycles. The summed E-state index contributed by atoms with van der Waals surface area (Å²) in [5, 5.41) is 12.2. The summed E-state index contributed by atoms with van der Waals surface area (Å²) < 4.78 is 29.9. The number of carbonyl (C=O) groups is 3. The van der Waals surface area contributed by atoms with E-state index in [1.54, 1.807) is 37.5 Å². The van der Waals surface area contributed by atoms with Gasteiger partial charge in [-0.1, -0.05) is 27.2 Å². The van der Waals surface area contributed by atoms with E-state index in [2.05, 4.69) is 4.98 Å². The molecule has 2 fully saturated rings. The number of nitrogens with zero attached hydrogens (tertiary/aromatic N) is 1. The zero-order valence-corrected chi connectivity index (χ0v) is 27.2. The van der Waals surface area contributed by atoms with Crippen molar-refractivity contribution in [2.24, 2.45) is 28.4 Å². The summed E-state index contributed by atoms with van der Waals surface area (Å²) in [5.74, 6) is -2.46. The monoisotopic (exact) mass is 640 g/mol. The summed E-state index contributed by atoms with van der Waals surface area (Å²) in [6.07, 6.45) is 2.49. The van der Waals surface area contributed by atoms with E-state index in [-0.39, 0.29) is 30.1 Å². The van der Waals surface area contributed by atoms with Crippen LogP contribution in [0, 0.1) is 22.7 Å². The van der Waals surface area contributed by atoms with Gasteiger partial charge in [0.1, 0.15) is 47.5 Å². The first-order valence-corrected chi connectivity index (χ1v) is 15.9. The number of ether oxygens (including phenoxy) is 4. The van der Waals surface area contributed by atoms with Gasteiger partial charge < -0.3 is 34.2 Å². The van der Waals surface area contributed by atoms with Crippen molar-refractivity contribution >= 4 is 17.9 Å². The van der Waals surface area contributed by atoms with Gasteiger partial charge in [-0.15, -0.1) is 0 Å². The number of rotatable bonds is 8. The summed E-state index contributed by atoms with van der Waals surface area (Å²) in [5.41, 5.74) is 2.79. The molecule has 9 atom stereocenters. The molecular weight excluding hydrogens is 596 g/mol. The average molecular weight is 641 g/mol. The quantitative estimate of drug-likeness (QED) is 0.315. The molecule has 3 aliphatic rings. The topological polar surface area (TPSA) is 177 Å². The van der Waals surface area contributed by atoms with Crippen molar-refractivity contribution in [1.82, 2.24) is 4.98 Å². The second-order valence-electron chi connectivity index (χ2n) is 13.7. The van der Waals surface area contributed by atoms with E-state index in [1.165, 1.54) is 13.8 Å². The highest BCUT2D eigenvalue weighted by molar-refractivity contribution is 5.75. The van der Waals surface area contributed by atoms with Gasteiger partial charge in [0.15, 0.2) is 0 Å². The molecule has 5 rings (SSSR count). The molecule has 0 amide bonds. The summed E-state index contributed by atoms with van der Waals surface area (Å²) >= 11 is 0. The van der Waals surface area contributed by atoms with E-state index in [4.69, 9.17) is 29.1 Å². The summed E-state index contributed by atoms with van der Waals surface area (Å²) in [6, 6.07) is 4.19. The predicted octanol–water partition coefficient (Wildman–Crippen LogP) is 3.86. The number of hydrogen-bond acceptors (Lipinski definition) is 12. The molecule has 0 bridgehead atoms. The Labute approximate surface area is 267 Å². The Balaban J connectivity index is 1.62. The lowest BCUT2D eigenvalue weighted by Gasteiger charge is -2.66. The van der Waals surface area contributed by atoms with Gasteiger partial charge in [0, 0.05) is 49.2 Å². The van der Waals surface area contributed by atoms with Crippen LogP contribution >= 0.6 is 0 Å². The number of aliphatic hydroxyl groups excluding tert-OH is 1. The minimum absolute atomic E-state index is 0.0284. The maximum absolute atomic E-state index is 13.5. The summed E-state index contributed by atoms with van der Waals surface area (Å²) in [4.78, 5) is 55.4. The van der Waals surface area contributed by atoms with Crippen molar-refractivity contribution < 1.29 is 42.9 Å². The van der Waals surface area contributed by atoms with Crippen LogP contribution in [0.15, 0.2) is 39.8 Å². The second kappa shape index (κ2) is 12.4. The lowest BCUT2D eigenvalue weighted by atomic mass is 9.42. The van der Waals surface area contributed by atoms with Crippen molar-refractivity contribution in [2.45, 2.75) is 104 Å². The van der Waals surface area contributed by atoms with Crippen molar-refractivity contribution in [3.05, 3.63) is 46.6 Å². The Bertz CT molecular complexity index is 1540. The largest absolute Gasteiger partial charge is 0.482 e. The Hall–Kier alpha value is -3.77. The van der Waals surface area contributed by atoms with Crippen LogP contribution in [0.2, 0.25) is 0 Å². The molecule has 0 saturated heterocycles. The molecule has 12 nitrogen and oxygen atoms in total. The van der Waals surface area contributed by atoms with Crippen LogP contribution in [-0.4, -0.2) is 58.5 Å². The average Bonchev–Trinajstić information content (AvgIpc) is 2.98. The number of hydrogen-bond donors (Lipinski definition) is 2. The van der Waals surface area contributed by atoms with E-state index < -0.39 is 76.2 Å². The molecule has 3 unspecified atom stereocenters. The van der Waals surface area contributed by atoms with E-state index in [9.17, 15) is 24.3 Å². The first-order valence-electron chi connectivity index (χ1n) is 15.9. The van der Waals surface area contributed by atoms with E-state index in [0.717, 1.165) is 0 Å². The fourth-order valence-electron chi connectivity index (χ4n) is 8.54. The van der Waals surface area contributed by atoms with Gasteiger partial charge >= 0.3 is 23.5 Å². The highest BCUT2D eigenvalue weighted by Gasteiger charge is 2.70. The number of fused-ring (bicyclic) bond motifs is 4. The molecule has 46 heavy (non-hydrogen) atoms. The molecule has 0 radical (unpaired) electrons. The van der Waals surface area contributed by atoms with Crippen LogP contribution in [0.25, 0.3) is 11.3 Å². The number of nitrogens with two attached hydrogens (primary N) is 1. The summed E-state index contributed by atoms with van der Waals surface area (Å²) in [7, 11) is 0.